The Morgan fingerprint density at radius 3 is 2.61 bits per heavy atom. The Morgan fingerprint density at radius 1 is 1.33 bits per heavy atom. The van der Waals surface area contributed by atoms with Gasteiger partial charge in [-0.15, -0.1) is 0 Å². The average molecular weight is 316 g/mol. The third-order valence-electron chi connectivity index (χ3n) is 3.01. The fourth-order valence-corrected chi connectivity index (χ4v) is 1.98. The van der Waals surface area contributed by atoms with Gasteiger partial charge in [-0.05, 0) is 37.5 Å². The van der Waals surface area contributed by atoms with E-state index in [2.05, 4.69) is 29.8 Å². The Morgan fingerprint density at radius 2 is 2.06 bits per heavy atom. The van der Waals surface area contributed by atoms with Gasteiger partial charge in [0.15, 0.2) is 0 Å². The summed E-state index contributed by atoms with van der Waals surface area (Å²) in [6.07, 6.45) is 0.877. The molecule has 0 atom stereocenters. The van der Waals surface area contributed by atoms with E-state index < -0.39 is 0 Å². The molecule has 0 amide bonds. The smallest absolute Gasteiger partial charge is 0.0727 e. The first-order chi connectivity index (χ1) is 8.48. The molecule has 0 unspecified atom stereocenters. The standard InChI is InChI=1S/C14H22BrNO2/c1-14(2,17-3)6-7-18-10-12-5-4-11(9-16)8-13(12)15/h4-5,8H,6-7,9-10,16H2,1-3H3. The predicted octanol–water partition coefficient (Wildman–Crippen LogP) is 3.24. The maximum Gasteiger partial charge on any atom is 0.0727 e. The van der Waals surface area contributed by atoms with Crippen LogP contribution in [0.1, 0.15) is 31.4 Å². The van der Waals surface area contributed by atoms with E-state index in [-0.39, 0.29) is 5.60 Å². The quantitative estimate of drug-likeness (QED) is 0.786. The third kappa shape index (κ3) is 5.06. The van der Waals surface area contributed by atoms with Crippen LogP contribution >= 0.6 is 15.9 Å². The summed E-state index contributed by atoms with van der Waals surface area (Å²) >= 11 is 3.53. The van der Waals surface area contributed by atoms with Crippen molar-refractivity contribution in [2.24, 2.45) is 5.73 Å². The molecule has 0 heterocycles. The van der Waals surface area contributed by atoms with E-state index in [0.717, 1.165) is 22.0 Å². The first-order valence-corrected chi connectivity index (χ1v) is 6.88. The van der Waals surface area contributed by atoms with Crippen molar-refractivity contribution in [3.05, 3.63) is 33.8 Å². The molecule has 0 saturated heterocycles. The van der Waals surface area contributed by atoms with E-state index in [1.165, 1.54) is 0 Å². The maximum absolute atomic E-state index is 5.67. The van der Waals surface area contributed by atoms with Gasteiger partial charge >= 0.3 is 0 Å². The molecule has 3 nitrogen and oxygen atoms in total. The van der Waals surface area contributed by atoms with Crippen molar-refractivity contribution in [3.63, 3.8) is 0 Å². The highest BCUT2D eigenvalue weighted by atomic mass is 79.9. The summed E-state index contributed by atoms with van der Waals surface area (Å²) in [5.74, 6) is 0. The fraction of sp³-hybridized carbons (Fsp3) is 0.571. The summed E-state index contributed by atoms with van der Waals surface area (Å²) in [5.41, 5.74) is 7.72. The van der Waals surface area contributed by atoms with Gasteiger partial charge in [-0.25, -0.2) is 0 Å². The van der Waals surface area contributed by atoms with Crippen LogP contribution in [-0.4, -0.2) is 19.3 Å². The molecule has 0 aliphatic rings. The zero-order valence-corrected chi connectivity index (χ0v) is 12.9. The van der Waals surface area contributed by atoms with Crippen molar-refractivity contribution in [2.45, 2.75) is 39.0 Å². The maximum atomic E-state index is 5.67. The topological polar surface area (TPSA) is 44.5 Å². The Balaban J connectivity index is 2.40. The molecule has 1 aromatic rings. The highest BCUT2D eigenvalue weighted by Crippen LogP contribution is 2.20. The summed E-state index contributed by atoms with van der Waals surface area (Å²) in [6.45, 7) is 5.96. The molecule has 4 heteroatoms. The van der Waals surface area contributed by atoms with E-state index in [9.17, 15) is 0 Å². The fourth-order valence-electron chi connectivity index (χ4n) is 1.44. The molecule has 0 aromatic heterocycles. The molecule has 0 saturated carbocycles. The SMILES string of the molecule is COC(C)(C)CCOCc1ccc(CN)cc1Br. The van der Waals surface area contributed by atoms with Crippen LogP contribution in [0.15, 0.2) is 22.7 Å². The monoisotopic (exact) mass is 315 g/mol. The summed E-state index contributed by atoms with van der Waals surface area (Å²) < 4.78 is 12.1. The number of methoxy groups -OCH3 is 1. The molecular formula is C14H22BrNO2. The largest absolute Gasteiger partial charge is 0.379 e. The van der Waals surface area contributed by atoms with Crippen LogP contribution in [0, 0.1) is 0 Å². The molecule has 0 radical (unpaired) electrons. The minimum atomic E-state index is -0.124. The summed E-state index contributed by atoms with van der Waals surface area (Å²) in [7, 11) is 1.72. The Bertz CT molecular complexity index is 380. The summed E-state index contributed by atoms with van der Waals surface area (Å²) in [4.78, 5) is 0. The lowest BCUT2D eigenvalue weighted by Crippen LogP contribution is -2.24. The van der Waals surface area contributed by atoms with E-state index in [0.29, 0.717) is 19.8 Å². The molecule has 0 fully saturated rings. The Labute approximate surface area is 118 Å². The predicted molar refractivity (Wildman–Crippen MR) is 77.4 cm³/mol. The lowest BCUT2D eigenvalue weighted by molar-refractivity contribution is -0.0125. The molecule has 2 N–H and O–H groups in total. The van der Waals surface area contributed by atoms with Gasteiger partial charge in [0.25, 0.3) is 0 Å². The van der Waals surface area contributed by atoms with E-state index >= 15 is 0 Å². The van der Waals surface area contributed by atoms with Gasteiger partial charge in [0.05, 0.1) is 12.2 Å². The second kappa shape index (κ2) is 7.24. The Kier molecular flexibility index (Phi) is 6.29. The van der Waals surface area contributed by atoms with Crippen molar-refractivity contribution >= 4 is 15.9 Å². The molecule has 0 spiro atoms. The molecule has 0 bridgehead atoms. The van der Waals surface area contributed by atoms with Gasteiger partial charge in [0.1, 0.15) is 0 Å². The number of benzene rings is 1. The first-order valence-electron chi connectivity index (χ1n) is 6.09. The Hall–Kier alpha value is -0.420. The highest BCUT2D eigenvalue weighted by molar-refractivity contribution is 9.10. The molecule has 0 aliphatic carbocycles. The summed E-state index contributed by atoms with van der Waals surface area (Å²) in [5, 5.41) is 0. The minimum absolute atomic E-state index is 0.124. The number of rotatable bonds is 7. The molecule has 18 heavy (non-hydrogen) atoms. The van der Waals surface area contributed by atoms with Crippen molar-refractivity contribution in [1.82, 2.24) is 0 Å². The number of hydrogen-bond donors (Lipinski definition) is 1. The van der Waals surface area contributed by atoms with Gasteiger partial charge in [0.2, 0.25) is 0 Å². The average Bonchev–Trinajstić information content (AvgIpc) is 2.36. The third-order valence-corrected chi connectivity index (χ3v) is 3.75. The van der Waals surface area contributed by atoms with Crippen molar-refractivity contribution in [2.75, 3.05) is 13.7 Å². The molecule has 102 valence electrons. The number of ether oxygens (including phenoxy) is 2. The number of halogens is 1. The molecular weight excluding hydrogens is 294 g/mol. The van der Waals surface area contributed by atoms with Crippen LogP contribution in [0.3, 0.4) is 0 Å². The van der Waals surface area contributed by atoms with Gasteiger partial charge in [-0.2, -0.15) is 0 Å². The van der Waals surface area contributed by atoms with Crippen LogP contribution in [0.25, 0.3) is 0 Å². The molecule has 1 aromatic carbocycles. The van der Waals surface area contributed by atoms with Crippen LogP contribution in [0.5, 0.6) is 0 Å². The van der Waals surface area contributed by atoms with Gasteiger partial charge in [-0.3, -0.25) is 0 Å². The molecule has 0 aliphatic heterocycles. The van der Waals surface area contributed by atoms with Crippen LogP contribution in [-0.2, 0) is 22.6 Å². The number of nitrogens with two attached hydrogens (primary N) is 1. The van der Waals surface area contributed by atoms with Gasteiger partial charge in [0, 0.05) is 24.7 Å². The lowest BCUT2D eigenvalue weighted by atomic mass is 10.1. The van der Waals surface area contributed by atoms with Gasteiger partial charge in [-0.1, -0.05) is 28.1 Å². The van der Waals surface area contributed by atoms with E-state index in [4.69, 9.17) is 15.2 Å². The minimum Gasteiger partial charge on any atom is -0.379 e. The van der Waals surface area contributed by atoms with Crippen molar-refractivity contribution in [1.29, 1.82) is 0 Å². The van der Waals surface area contributed by atoms with E-state index in [1.54, 1.807) is 7.11 Å². The van der Waals surface area contributed by atoms with Gasteiger partial charge < -0.3 is 15.2 Å². The van der Waals surface area contributed by atoms with Crippen molar-refractivity contribution < 1.29 is 9.47 Å². The van der Waals surface area contributed by atoms with Crippen LogP contribution < -0.4 is 5.73 Å². The zero-order valence-electron chi connectivity index (χ0n) is 11.3. The lowest BCUT2D eigenvalue weighted by Gasteiger charge is -2.22. The second-order valence-electron chi connectivity index (χ2n) is 4.90. The zero-order chi connectivity index (χ0) is 13.6. The first kappa shape index (κ1) is 15.6. The highest BCUT2D eigenvalue weighted by Gasteiger charge is 2.15. The second-order valence-corrected chi connectivity index (χ2v) is 5.75. The summed E-state index contributed by atoms with van der Waals surface area (Å²) in [6, 6.07) is 6.12. The number of hydrogen-bond acceptors (Lipinski definition) is 3. The normalized spacial score (nSPS) is 11.8. The van der Waals surface area contributed by atoms with E-state index in [1.807, 2.05) is 18.2 Å². The molecule has 1 rings (SSSR count). The van der Waals surface area contributed by atoms with Crippen LogP contribution in [0.2, 0.25) is 0 Å². The van der Waals surface area contributed by atoms with Crippen molar-refractivity contribution in [3.8, 4) is 0 Å². The van der Waals surface area contributed by atoms with Crippen LogP contribution in [0.4, 0.5) is 0 Å².